The van der Waals surface area contributed by atoms with Crippen molar-refractivity contribution in [2.24, 2.45) is 5.73 Å². The largest absolute Gasteiger partial charge is 0.384 e. The molecule has 0 bridgehead atoms. The van der Waals surface area contributed by atoms with Gasteiger partial charge < -0.3 is 5.73 Å². The molecule has 0 saturated carbocycles. The maximum absolute atomic E-state index is 13.4. The van der Waals surface area contributed by atoms with Crippen LogP contribution in [0, 0.1) is 11.2 Å². The zero-order chi connectivity index (χ0) is 13.8. The average Bonchev–Trinajstić information content (AvgIpc) is 2.37. The highest BCUT2D eigenvalue weighted by Gasteiger charge is 2.04. The summed E-state index contributed by atoms with van der Waals surface area (Å²) in [6.07, 6.45) is 1.57. The van der Waals surface area contributed by atoms with Gasteiger partial charge in [0.05, 0.1) is 10.0 Å². The zero-order valence-electron chi connectivity index (χ0n) is 9.86. The lowest BCUT2D eigenvalue weighted by Crippen LogP contribution is -2.11. The second kappa shape index (κ2) is 6.04. The van der Waals surface area contributed by atoms with Crippen LogP contribution in [0.3, 0.4) is 0 Å². The highest BCUT2D eigenvalue weighted by Crippen LogP contribution is 2.23. The number of nitrogen functional groups attached to an aromatic ring is 1. The third-order valence-electron chi connectivity index (χ3n) is 2.36. The minimum Gasteiger partial charge on any atom is -0.384 e. The molecule has 1 aromatic heterocycles. The minimum absolute atomic E-state index is 0.143. The van der Waals surface area contributed by atoms with E-state index in [1.165, 1.54) is 23.9 Å². The lowest BCUT2D eigenvalue weighted by atomic mass is 10.1. The summed E-state index contributed by atoms with van der Waals surface area (Å²) in [5.41, 5.74) is 6.50. The summed E-state index contributed by atoms with van der Waals surface area (Å²) in [5.74, 6) is 0.00915. The molecule has 2 rings (SSSR count). The summed E-state index contributed by atoms with van der Waals surface area (Å²) in [7, 11) is 0. The van der Waals surface area contributed by atoms with Crippen LogP contribution in [0.5, 0.6) is 0 Å². The van der Waals surface area contributed by atoms with E-state index in [4.69, 9.17) is 22.7 Å². The van der Waals surface area contributed by atoms with Gasteiger partial charge in [-0.25, -0.2) is 9.37 Å². The van der Waals surface area contributed by atoms with E-state index in [1.54, 1.807) is 24.4 Å². The van der Waals surface area contributed by atoms with Crippen molar-refractivity contribution < 1.29 is 4.39 Å². The van der Waals surface area contributed by atoms with E-state index < -0.39 is 5.82 Å². The molecule has 19 heavy (non-hydrogen) atoms. The van der Waals surface area contributed by atoms with E-state index in [2.05, 4.69) is 4.98 Å². The fourth-order valence-electron chi connectivity index (χ4n) is 1.49. The minimum atomic E-state index is -0.396. The Balaban J connectivity index is 2.11. The Hall–Kier alpha value is -1.59. The van der Waals surface area contributed by atoms with Crippen LogP contribution in [0.4, 0.5) is 4.39 Å². The number of halogens is 2. The SMILES string of the molecule is N=C(N)c1cc(F)cc(CSc2ccc(Cl)cn2)c1. The van der Waals surface area contributed by atoms with Crippen molar-refractivity contribution in [1.82, 2.24) is 4.98 Å². The van der Waals surface area contributed by atoms with Crippen molar-refractivity contribution in [3.8, 4) is 0 Å². The number of thioether (sulfide) groups is 1. The lowest BCUT2D eigenvalue weighted by Gasteiger charge is -2.05. The quantitative estimate of drug-likeness (QED) is 0.516. The molecule has 2 aromatic rings. The number of nitrogens with two attached hydrogens (primary N) is 1. The fraction of sp³-hybridized carbons (Fsp3) is 0.0769. The van der Waals surface area contributed by atoms with E-state index in [0.717, 1.165) is 10.6 Å². The molecule has 3 nitrogen and oxygen atoms in total. The zero-order valence-corrected chi connectivity index (χ0v) is 11.4. The fourth-order valence-corrected chi connectivity index (χ4v) is 2.38. The van der Waals surface area contributed by atoms with Gasteiger partial charge in [0.15, 0.2) is 0 Å². The van der Waals surface area contributed by atoms with Crippen molar-refractivity contribution in [1.29, 1.82) is 5.41 Å². The topological polar surface area (TPSA) is 62.8 Å². The highest BCUT2D eigenvalue weighted by molar-refractivity contribution is 7.98. The van der Waals surface area contributed by atoms with Gasteiger partial charge in [0.2, 0.25) is 0 Å². The number of nitrogens with zero attached hydrogens (tertiary/aromatic N) is 1. The molecular formula is C13H11ClFN3S. The molecule has 0 radical (unpaired) electrons. The Morgan fingerprint density at radius 2 is 2.16 bits per heavy atom. The Labute approximate surface area is 119 Å². The first-order valence-electron chi connectivity index (χ1n) is 5.43. The van der Waals surface area contributed by atoms with Crippen molar-refractivity contribution in [3.05, 3.63) is 58.5 Å². The number of nitrogens with one attached hydrogen (secondary N) is 1. The molecule has 1 heterocycles. The molecular weight excluding hydrogens is 285 g/mol. The molecule has 0 saturated heterocycles. The number of aromatic nitrogens is 1. The predicted molar refractivity (Wildman–Crippen MR) is 76.2 cm³/mol. The second-order valence-electron chi connectivity index (χ2n) is 3.87. The first-order valence-corrected chi connectivity index (χ1v) is 6.79. The summed E-state index contributed by atoms with van der Waals surface area (Å²) >= 11 is 7.21. The van der Waals surface area contributed by atoms with Crippen LogP contribution in [0.2, 0.25) is 5.02 Å². The first-order chi connectivity index (χ1) is 9.04. The van der Waals surface area contributed by atoms with Gasteiger partial charge in [-0.3, -0.25) is 5.41 Å². The molecule has 6 heteroatoms. The summed E-state index contributed by atoms with van der Waals surface area (Å²) in [6, 6.07) is 7.93. The van der Waals surface area contributed by atoms with Crippen LogP contribution in [-0.4, -0.2) is 10.8 Å². The molecule has 0 atom stereocenters. The van der Waals surface area contributed by atoms with E-state index >= 15 is 0 Å². The standard InChI is InChI=1S/C13H11ClFN3S/c14-10-1-2-12(18-6-10)19-7-8-3-9(13(16)17)5-11(15)4-8/h1-6H,7H2,(H3,16,17). The van der Waals surface area contributed by atoms with E-state index in [1.807, 2.05) is 0 Å². The van der Waals surface area contributed by atoms with Crippen LogP contribution in [0.25, 0.3) is 0 Å². The molecule has 0 amide bonds. The van der Waals surface area contributed by atoms with Crippen LogP contribution < -0.4 is 5.73 Å². The van der Waals surface area contributed by atoms with Crippen molar-refractivity contribution in [2.75, 3.05) is 0 Å². The molecule has 98 valence electrons. The number of hydrogen-bond acceptors (Lipinski definition) is 3. The van der Waals surface area contributed by atoms with Crippen LogP contribution in [0.15, 0.2) is 41.6 Å². The molecule has 3 N–H and O–H groups in total. The number of pyridine rings is 1. The van der Waals surface area contributed by atoms with E-state index in [9.17, 15) is 4.39 Å². The summed E-state index contributed by atoms with van der Waals surface area (Å²) in [4.78, 5) is 4.14. The van der Waals surface area contributed by atoms with E-state index in [0.29, 0.717) is 16.3 Å². The number of amidine groups is 1. The summed E-state index contributed by atoms with van der Waals surface area (Å²) in [5, 5.41) is 8.71. The Morgan fingerprint density at radius 3 is 2.79 bits per heavy atom. The van der Waals surface area contributed by atoms with Crippen molar-refractivity contribution >= 4 is 29.2 Å². The molecule has 1 aromatic carbocycles. The van der Waals surface area contributed by atoms with Crippen molar-refractivity contribution in [2.45, 2.75) is 10.8 Å². The monoisotopic (exact) mass is 295 g/mol. The second-order valence-corrected chi connectivity index (χ2v) is 5.30. The van der Waals surface area contributed by atoms with Gasteiger partial charge >= 0.3 is 0 Å². The predicted octanol–water partition coefficient (Wildman–Crippen LogP) is 3.45. The molecule has 0 spiro atoms. The molecule has 0 unspecified atom stereocenters. The number of benzene rings is 1. The average molecular weight is 296 g/mol. The van der Waals surface area contributed by atoms with Gasteiger partial charge in [0.25, 0.3) is 0 Å². The van der Waals surface area contributed by atoms with Gasteiger partial charge in [0.1, 0.15) is 11.7 Å². The molecule has 0 aliphatic heterocycles. The Morgan fingerprint density at radius 1 is 1.37 bits per heavy atom. The van der Waals surface area contributed by atoms with Gasteiger partial charge in [-0.2, -0.15) is 0 Å². The lowest BCUT2D eigenvalue weighted by molar-refractivity contribution is 0.626. The molecule has 0 aliphatic rings. The molecule has 0 aliphatic carbocycles. The first kappa shape index (κ1) is 13.8. The third-order valence-corrected chi connectivity index (χ3v) is 3.59. The van der Waals surface area contributed by atoms with Crippen LogP contribution in [0.1, 0.15) is 11.1 Å². The normalized spacial score (nSPS) is 10.4. The third kappa shape index (κ3) is 3.94. The number of rotatable bonds is 4. The van der Waals surface area contributed by atoms with Crippen molar-refractivity contribution in [3.63, 3.8) is 0 Å². The van der Waals surface area contributed by atoms with Gasteiger partial charge in [0, 0.05) is 17.5 Å². The smallest absolute Gasteiger partial charge is 0.124 e. The summed E-state index contributed by atoms with van der Waals surface area (Å²) < 4.78 is 13.4. The van der Waals surface area contributed by atoms with Crippen LogP contribution >= 0.6 is 23.4 Å². The van der Waals surface area contributed by atoms with Gasteiger partial charge in [-0.15, -0.1) is 11.8 Å². The maximum atomic E-state index is 13.4. The van der Waals surface area contributed by atoms with Crippen LogP contribution in [-0.2, 0) is 5.75 Å². The summed E-state index contributed by atoms with van der Waals surface area (Å²) in [6.45, 7) is 0. The number of hydrogen-bond donors (Lipinski definition) is 2. The van der Waals surface area contributed by atoms with Gasteiger partial charge in [-0.1, -0.05) is 11.6 Å². The Bertz CT molecular complexity index is 601. The van der Waals surface area contributed by atoms with Gasteiger partial charge in [-0.05, 0) is 35.9 Å². The molecule has 0 fully saturated rings. The van der Waals surface area contributed by atoms with E-state index in [-0.39, 0.29) is 5.84 Å². The maximum Gasteiger partial charge on any atom is 0.124 e. The Kier molecular flexibility index (Phi) is 4.39. The highest BCUT2D eigenvalue weighted by atomic mass is 35.5.